The van der Waals surface area contributed by atoms with Crippen molar-refractivity contribution in [3.63, 3.8) is 0 Å². The molecule has 3 atom stereocenters. The molecular formula is C22H23F2N5O2S. The minimum absolute atomic E-state index is 0.0410. The lowest BCUT2D eigenvalue weighted by Gasteiger charge is -2.40. The van der Waals surface area contributed by atoms with E-state index in [1.54, 1.807) is 12.3 Å². The Hall–Kier alpha value is -2.95. The maximum atomic E-state index is 14.4. The number of benzene rings is 1. The van der Waals surface area contributed by atoms with Crippen LogP contribution in [0.4, 0.5) is 20.2 Å². The summed E-state index contributed by atoms with van der Waals surface area (Å²) in [7, 11) is 0. The number of hydrogen-bond donors (Lipinski definition) is 3. The molecule has 0 saturated carbocycles. The number of nitrogens with zero attached hydrogens (tertiary/aromatic N) is 3. The number of carbonyl (C=O) groups excluding carboxylic acids is 1. The predicted octanol–water partition coefficient (Wildman–Crippen LogP) is 3.19. The van der Waals surface area contributed by atoms with Crippen LogP contribution in [0.3, 0.4) is 0 Å². The quantitative estimate of drug-likeness (QED) is 0.554. The first kappa shape index (κ1) is 22.3. The Morgan fingerprint density at radius 1 is 1.31 bits per heavy atom. The Kier molecular flexibility index (Phi) is 6.18. The number of pyridine rings is 1. The van der Waals surface area contributed by atoms with Crippen LogP contribution in [0.15, 0.2) is 36.0 Å². The highest BCUT2D eigenvalue weighted by Gasteiger charge is 2.32. The summed E-state index contributed by atoms with van der Waals surface area (Å²) >= 11 is 0.989. The van der Waals surface area contributed by atoms with Crippen LogP contribution in [-0.2, 0) is 0 Å². The standard InChI is InChI=1S/C22H23F2N5O2S/c1-11-3-4-13(23)18(19(11)24)22-28-16(10-32-22)21(31)27-15-7-26-6-5-17(15)29-8-12(2)20(30)14(25)9-29/h3-7,10,12,14,20,30H,8-9,25H2,1-2H3,(H,27,31). The van der Waals surface area contributed by atoms with Gasteiger partial charge in [0.15, 0.2) is 0 Å². The number of carbonyl (C=O) groups is 1. The van der Waals surface area contributed by atoms with Gasteiger partial charge in [-0.05, 0) is 24.6 Å². The molecule has 4 rings (SSSR count). The summed E-state index contributed by atoms with van der Waals surface area (Å²) in [6.07, 6.45) is 2.53. The predicted molar refractivity (Wildman–Crippen MR) is 120 cm³/mol. The summed E-state index contributed by atoms with van der Waals surface area (Å²) in [5.74, 6) is -2.00. The second kappa shape index (κ2) is 8.89. The van der Waals surface area contributed by atoms with E-state index in [9.17, 15) is 18.7 Å². The third-order valence-electron chi connectivity index (χ3n) is 5.58. The van der Waals surface area contributed by atoms with E-state index in [2.05, 4.69) is 15.3 Å². The van der Waals surface area contributed by atoms with Crippen LogP contribution < -0.4 is 16.0 Å². The number of aliphatic hydroxyl groups is 1. The second-order valence-corrected chi connectivity index (χ2v) is 8.83. The van der Waals surface area contributed by atoms with Crippen LogP contribution in [0.1, 0.15) is 23.0 Å². The summed E-state index contributed by atoms with van der Waals surface area (Å²) < 4.78 is 28.6. The molecule has 168 valence electrons. The number of anilines is 2. The maximum Gasteiger partial charge on any atom is 0.275 e. The molecule has 2 aromatic heterocycles. The molecule has 3 unspecified atom stereocenters. The average Bonchev–Trinajstić information content (AvgIpc) is 3.25. The molecule has 0 radical (unpaired) electrons. The van der Waals surface area contributed by atoms with E-state index in [0.717, 1.165) is 11.3 Å². The molecule has 10 heteroatoms. The number of hydrogen-bond acceptors (Lipinski definition) is 7. The number of nitrogens with one attached hydrogen (secondary N) is 1. The van der Waals surface area contributed by atoms with Crippen molar-refractivity contribution in [2.75, 3.05) is 23.3 Å². The van der Waals surface area contributed by atoms with Gasteiger partial charge in [0.05, 0.1) is 29.2 Å². The van der Waals surface area contributed by atoms with E-state index in [-0.39, 0.29) is 22.2 Å². The lowest BCUT2D eigenvalue weighted by Crippen LogP contribution is -2.55. The normalized spacial score (nSPS) is 20.9. The molecule has 3 aromatic rings. The zero-order valence-electron chi connectivity index (χ0n) is 17.5. The first-order valence-corrected chi connectivity index (χ1v) is 11.0. The third-order valence-corrected chi connectivity index (χ3v) is 6.44. The molecule has 1 amide bonds. The van der Waals surface area contributed by atoms with Crippen molar-refractivity contribution < 1.29 is 18.7 Å². The fraction of sp³-hybridized carbons (Fsp3) is 0.318. The van der Waals surface area contributed by atoms with Crippen LogP contribution >= 0.6 is 11.3 Å². The van der Waals surface area contributed by atoms with Gasteiger partial charge in [0.25, 0.3) is 5.91 Å². The van der Waals surface area contributed by atoms with E-state index < -0.39 is 29.7 Å². The van der Waals surface area contributed by atoms with E-state index >= 15 is 0 Å². The van der Waals surface area contributed by atoms with Crippen LogP contribution in [0.25, 0.3) is 10.6 Å². The molecule has 4 N–H and O–H groups in total. The first-order valence-electron chi connectivity index (χ1n) is 10.1. The Morgan fingerprint density at radius 2 is 2.09 bits per heavy atom. The molecule has 1 aliphatic heterocycles. The summed E-state index contributed by atoms with van der Waals surface area (Å²) in [4.78, 5) is 23.1. The number of aryl methyl sites for hydroxylation is 1. The lowest BCUT2D eigenvalue weighted by atomic mass is 9.92. The van der Waals surface area contributed by atoms with Crippen LogP contribution in [0.5, 0.6) is 0 Å². The molecule has 3 heterocycles. The summed E-state index contributed by atoms with van der Waals surface area (Å²) in [6.45, 7) is 4.44. The van der Waals surface area contributed by atoms with Gasteiger partial charge in [-0.3, -0.25) is 9.78 Å². The molecule has 32 heavy (non-hydrogen) atoms. The zero-order valence-corrected chi connectivity index (χ0v) is 18.4. The van der Waals surface area contributed by atoms with Crippen molar-refractivity contribution in [2.24, 2.45) is 11.7 Å². The highest BCUT2D eigenvalue weighted by atomic mass is 32.1. The van der Waals surface area contributed by atoms with E-state index in [1.165, 1.54) is 30.6 Å². The Balaban J connectivity index is 1.57. The highest BCUT2D eigenvalue weighted by molar-refractivity contribution is 7.13. The molecule has 0 spiro atoms. The van der Waals surface area contributed by atoms with Gasteiger partial charge in [0.2, 0.25) is 0 Å². The zero-order chi connectivity index (χ0) is 23.0. The second-order valence-electron chi connectivity index (χ2n) is 7.97. The molecule has 1 aliphatic rings. The van der Waals surface area contributed by atoms with Gasteiger partial charge in [-0.2, -0.15) is 0 Å². The van der Waals surface area contributed by atoms with Gasteiger partial charge in [-0.25, -0.2) is 13.8 Å². The van der Waals surface area contributed by atoms with Crippen molar-refractivity contribution in [1.82, 2.24) is 9.97 Å². The molecule has 0 aliphatic carbocycles. The fourth-order valence-electron chi connectivity index (χ4n) is 3.80. The molecule has 7 nitrogen and oxygen atoms in total. The molecule has 1 saturated heterocycles. The number of aromatic nitrogens is 2. The van der Waals surface area contributed by atoms with Crippen molar-refractivity contribution in [1.29, 1.82) is 0 Å². The maximum absolute atomic E-state index is 14.4. The number of nitrogens with two attached hydrogens (primary N) is 1. The van der Waals surface area contributed by atoms with Gasteiger partial charge in [-0.15, -0.1) is 11.3 Å². The number of amides is 1. The number of rotatable bonds is 4. The van der Waals surface area contributed by atoms with Gasteiger partial charge in [0.1, 0.15) is 22.3 Å². The van der Waals surface area contributed by atoms with Crippen molar-refractivity contribution in [3.05, 3.63) is 58.9 Å². The third kappa shape index (κ3) is 4.21. The largest absolute Gasteiger partial charge is 0.391 e. The Morgan fingerprint density at radius 3 is 2.84 bits per heavy atom. The minimum atomic E-state index is -0.735. The van der Waals surface area contributed by atoms with Crippen LogP contribution in [0.2, 0.25) is 0 Å². The number of halogens is 2. The van der Waals surface area contributed by atoms with Crippen molar-refractivity contribution >= 4 is 28.6 Å². The van der Waals surface area contributed by atoms with Gasteiger partial charge in [0, 0.05) is 36.6 Å². The SMILES string of the molecule is Cc1ccc(F)c(-c2nc(C(=O)Nc3cnccc3N3CC(C)C(O)C(N)C3)cs2)c1F. The summed E-state index contributed by atoms with van der Waals surface area (Å²) in [5, 5.41) is 14.5. The smallest absolute Gasteiger partial charge is 0.275 e. The fourth-order valence-corrected chi connectivity index (χ4v) is 4.64. The van der Waals surface area contributed by atoms with E-state index in [4.69, 9.17) is 5.73 Å². The number of thiazole rings is 1. The monoisotopic (exact) mass is 459 g/mol. The van der Waals surface area contributed by atoms with Crippen molar-refractivity contribution in [2.45, 2.75) is 26.0 Å². The van der Waals surface area contributed by atoms with Gasteiger partial charge in [-0.1, -0.05) is 13.0 Å². The molecular weight excluding hydrogens is 436 g/mol. The van der Waals surface area contributed by atoms with Crippen LogP contribution in [0, 0.1) is 24.5 Å². The van der Waals surface area contributed by atoms with Crippen LogP contribution in [-0.4, -0.2) is 46.2 Å². The number of piperidine rings is 1. The average molecular weight is 460 g/mol. The molecule has 1 fully saturated rings. The molecule has 0 bridgehead atoms. The van der Waals surface area contributed by atoms with E-state index in [0.29, 0.717) is 30.0 Å². The lowest BCUT2D eigenvalue weighted by molar-refractivity contribution is 0.0785. The Labute approximate surface area is 187 Å². The van der Waals surface area contributed by atoms with Gasteiger partial charge < -0.3 is 21.1 Å². The highest BCUT2D eigenvalue weighted by Crippen LogP contribution is 2.32. The minimum Gasteiger partial charge on any atom is -0.391 e. The van der Waals surface area contributed by atoms with E-state index in [1.807, 2.05) is 11.8 Å². The summed E-state index contributed by atoms with van der Waals surface area (Å²) in [6, 6.07) is 3.87. The number of aliphatic hydroxyl groups excluding tert-OH is 1. The van der Waals surface area contributed by atoms with Crippen molar-refractivity contribution in [3.8, 4) is 10.6 Å². The summed E-state index contributed by atoms with van der Waals surface area (Å²) in [5.41, 5.74) is 7.33. The topological polar surface area (TPSA) is 104 Å². The molecule has 1 aromatic carbocycles. The van der Waals surface area contributed by atoms with Gasteiger partial charge >= 0.3 is 0 Å². The first-order chi connectivity index (χ1) is 15.3. The Bertz CT molecular complexity index is 1140.